The number of halogens is 1. The first-order valence-electron chi connectivity index (χ1n) is 9.40. The summed E-state index contributed by atoms with van der Waals surface area (Å²) in [6.07, 6.45) is -0.926. The minimum Gasteiger partial charge on any atom is -0.443 e. The van der Waals surface area contributed by atoms with E-state index in [1.807, 2.05) is 23.1 Å². The Morgan fingerprint density at radius 1 is 1.10 bits per heavy atom. The number of rotatable bonds is 4. The molecule has 154 valence electrons. The van der Waals surface area contributed by atoms with Crippen LogP contribution in [0.4, 0.5) is 20.6 Å². The van der Waals surface area contributed by atoms with Crippen LogP contribution in [0.1, 0.15) is 0 Å². The summed E-state index contributed by atoms with van der Waals surface area (Å²) in [4.78, 5) is 15.3. The highest BCUT2D eigenvalue weighted by Crippen LogP contribution is 2.31. The zero-order valence-electron chi connectivity index (χ0n) is 15.8. The summed E-state index contributed by atoms with van der Waals surface area (Å²) >= 11 is 0. The molecule has 1 amide bonds. The average Bonchev–Trinajstić information content (AvgIpc) is 3.09. The van der Waals surface area contributed by atoms with Gasteiger partial charge in [0.05, 0.1) is 23.7 Å². The predicted octanol–water partition coefficient (Wildman–Crippen LogP) is 2.01. The van der Waals surface area contributed by atoms with Crippen LogP contribution in [0, 0.1) is 5.82 Å². The topological polar surface area (TPSA) is 92.9 Å². The maximum absolute atomic E-state index is 14.9. The van der Waals surface area contributed by atoms with Crippen molar-refractivity contribution >= 4 is 27.3 Å². The minimum absolute atomic E-state index is 0.121. The van der Waals surface area contributed by atoms with Gasteiger partial charge in [-0.3, -0.25) is 4.90 Å². The van der Waals surface area contributed by atoms with Crippen LogP contribution in [0.25, 0.3) is 11.1 Å². The number of hydrogen-bond acceptors (Lipinski definition) is 6. The number of sulfone groups is 1. The number of carbonyl (C=O) groups excluding carboxylic acids is 1. The molecule has 4 rings (SSSR count). The van der Waals surface area contributed by atoms with Gasteiger partial charge >= 0.3 is 6.09 Å². The SMILES string of the molecule is NCC1CN(c2ccc(-c3cccc(N4CCS(=O)(=O)CC4)c3)c(F)c2)C(=O)O1. The van der Waals surface area contributed by atoms with Gasteiger partial charge in [0.2, 0.25) is 0 Å². The molecule has 1 atom stereocenters. The molecule has 2 aromatic carbocycles. The lowest BCUT2D eigenvalue weighted by Crippen LogP contribution is -2.40. The molecule has 2 N–H and O–H groups in total. The van der Waals surface area contributed by atoms with E-state index in [1.54, 1.807) is 18.2 Å². The molecule has 0 aromatic heterocycles. The van der Waals surface area contributed by atoms with E-state index < -0.39 is 27.9 Å². The standard InChI is InChI=1S/C20H22FN3O4S/c21-19-11-16(24-13-17(12-22)28-20(24)25)4-5-18(19)14-2-1-3-15(10-14)23-6-8-29(26,27)9-7-23/h1-5,10-11,17H,6-9,12-13,22H2. The third-order valence-corrected chi connectivity index (χ3v) is 6.88. The van der Waals surface area contributed by atoms with Gasteiger partial charge < -0.3 is 15.4 Å². The molecule has 2 saturated heterocycles. The number of benzene rings is 2. The van der Waals surface area contributed by atoms with Gasteiger partial charge in [0.25, 0.3) is 0 Å². The van der Waals surface area contributed by atoms with Crippen LogP contribution in [0.5, 0.6) is 0 Å². The maximum Gasteiger partial charge on any atom is 0.414 e. The van der Waals surface area contributed by atoms with Crippen LogP contribution in [0.15, 0.2) is 42.5 Å². The Kier molecular flexibility index (Phi) is 5.18. The molecule has 0 aliphatic carbocycles. The van der Waals surface area contributed by atoms with E-state index in [9.17, 15) is 17.6 Å². The highest BCUT2D eigenvalue weighted by molar-refractivity contribution is 7.91. The van der Waals surface area contributed by atoms with Crippen molar-refractivity contribution in [3.05, 3.63) is 48.3 Å². The second-order valence-corrected chi connectivity index (χ2v) is 9.51. The molecule has 2 aromatic rings. The van der Waals surface area contributed by atoms with Crippen molar-refractivity contribution in [3.63, 3.8) is 0 Å². The molecule has 9 heteroatoms. The Morgan fingerprint density at radius 2 is 1.86 bits per heavy atom. The third kappa shape index (κ3) is 4.06. The quantitative estimate of drug-likeness (QED) is 0.815. The van der Waals surface area contributed by atoms with Crippen molar-refractivity contribution in [2.45, 2.75) is 6.10 Å². The predicted molar refractivity (Wildman–Crippen MR) is 109 cm³/mol. The van der Waals surface area contributed by atoms with Crippen molar-refractivity contribution in [1.82, 2.24) is 0 Å². The largest absolute Gasteiger partial charge is 0.443 e. The normalized spacial score (nSPS) is 21.3. The summed E-state index contributed by atoms with van der Waals surface area (Å²) < 4.78 is 43.3. The van der Waals surface area contributed by atoms with Gasteiger partial charge in [-0.05, 0) is 35.9 Å². The van der Waals surface area contributed by atoms with E-state index in [4.69, 9.17) is 10.5 Å². The molecular formula is C20H22FN3O4S. The number of anilines is 2. The van der Waals surface area contributed by atoms with Gasteiger partial charge in [-0.2, -0.15) is 0 Å². The Balaban J connectivity index is 1.57. The zero-order valence-corrected chi connectivity index (χ0v) is 16.6. The van der Waals surface area contributed by atoms with Crippen molar-refractivity contribution in [2.75, 3.05) is 47.5 Å². The van der Waals surface area contributed by atoms with E-state index in [0.29, 0.717) is 36.4 Å². The highest BCUT2D eigenvalue weighted by Gasteiger charge is 2.31. The van der Waals surface area contributed by atoms with Gasteiger partial charge in [0, 0.05) is 30.9 Å². The fourth-order valence-electron chi connectivity index (χ4n) is 3.60. The number of nitrogens with two attached hydrogens (primary N) is 1. The van der Waals surface area contributed by atoms with Crippen LogP contribution < -0.4 is 15.5 Å². The fourth-order valence-corrected chi connectivity index (χ4v) is 4.80. The van der Waals surface area contributed by atoms with E-state index in [-0.39, 0.29) is 18.1 Å². The Morgan fingerprint density at radius 3 is 2.52 bits per heavy atom. The molecule has 2 fully saturated rings. The fraction of sp³-hybridized carbons (Fsp3) is 0.350. The van der Waals surface area contributed by atoms with Crippen molar-refractivity contribution in [1.29, 1.82) is 0 Å². The average molecular weight is 419 g/mol. The van der Waals surface area contributed by atoms with Gasteiger partial charge in [0.15, 0.2) is 9.84 Å². The molecule has 0 bridgehead atoms. The van der Waals surface area contributed by atoms with Gasteiger partial charge in [-0.1, -0.05) is 12.1 Å². The lowest BCUT2D eigenvalue weighted by Gasteiger charge is -2.29. The minimum atomic E-state index is -2.97. The number of carbonyl (C=O) groups is 1. The number of amides is 1. The van der Waals surface area contributed by atoms with Crippen LogP contribution in [-0.2, 0) is 14.6 Å². The second-order valence-electron chi connectivity index (χ2n) is 7.21. The molecular weight excluding hydrogens is 397 g/mol. The third-order valence-electron chi connectivity index (χ3n) is 5.27. The first kappa shape index (κ1) is 19.7. The van der Waals surface area contributed by atoms with E-state index in [0.717, 1.165) is 5.69 Å². The molecule has 2 aliphatic rings. The maximum atomic E-state index is 14.9. The molecule has 0 radical (unpaired) electrons. The van der Waals surface area contributed by atoms with Gasteiger partial charge in [-0.15, -0.1) is 0 Å². The van der Waals surface area contributed by atoms with Crippen molar-refractivity contribution < 1.29 is 22.3 Å². The highest BCUT2D eigenvalue weighted by atomic mass is 32.2. The molecule has 2 heterocycles. The summed E-state index contributed by atoms with van der Waals surface area (Å²) in [6, 6.07) is 12.0. The molecule has 0 spiro atoms. The zero-order chi connectivity index (χ0) is 20.6. The van der Waals surface area contributed by atoms with Crippen LogP contribution in [0.3, 0.4) is 0 Å². The number of cyclic esters (lactones) is 1. The first-order valence-corrected chi connectivity index (χ1v) is 11.2. The summed E-state index contributed by atoms with van der Waals surface area (Å²) in [7, 11) is -2.97. The van der Waals surface area contributed by atoms with Crippen LogP contribution >= 0.6 is 0 Å². The Hall–Kier alpha value is -2.65. The number of ether oxygens (including phenoxy) is 1. The summed E-state index contributed by atoms with van der Waals surface area (Å²) in [5, 5.41) is 0. The van der Waals surface area contributed by atoms with Gasteiger partial charge in [0.1, 0.15) is 11.9 Å². The molecule has 0 saturated carbocycles. The summed E-state index contributed by atoms with van der Waals surface area (Å²) in [5.74, 6) is -0.212. The van der Waals surface area contributed by atoms with Crippen molar-refractivity contribution in [3.8, 4) is 11.1 Å². The van der Waals surface area contributed by atoms with E-state index in [2.05, 4.69) is 0 Å². The smallest absolute Gasteiger partial charge is 0.414 e. The molecule has 7 nitrogen and oxygen atoms in total. The molecule has 1 unspecified atom stereocenters. The van der Waals surface area contributed by atoms with E-state index in [1.165, 1.54) is 11.0 Å². The Bertz CT molecular complexity index is 1030. The number of hydrogen-bond donors (Lipinski definition) is 1. The van der Waals surface area contributed by atoms with E-state index >= 15 is 0 Å². The van der Waals surface area contributed by atoms with Gasteiger partial charge in [-0.25, -0.2) is 17.6 Å². The molecule has 2 aliphatic heterocycles. The van der Waals surface area contributed by atoms with Crippen molar-refractivity contribution in [2.24, 2.45) is 5.73 Å². The second kappa shape index (κ2) is 7.64. The Labute approximate surface area is 168 Å². The summed E-state index contributed by atoms with van der Waals surface area (Å²) in [6.45, 7) is 1.36. The van der Waals surface area contributed by atoms with Crippen LogP contribution in [0.2, 0.25) is 0 Å². The first-order chi connectivity index (χ1) is 13.9. The lowest BCUT2D eigenvalue weighted by atomic mass is 10.0. The lowest BCUT2D eigenvalue weighted by molar-refractivity contribution is 0.145. The summed E-state index contributed by atoms with van der Waals surface area (Å²) in [5.41, 5.74) is 7.91. The molecule has 29 heavy (non-hydrogen) atoms. The van der Waals surface area contributed by atoms with Crippen LogP contribution in [-0.4, -0.2) is 58.3 Å². The monoisotopic (exact) mass is 419 g/mol. The number of nitrogens with zero attached hydrogens (tertiary/aromatic N) is 2.